The molecule has 0 bridgehead atoms. The molecule has 2 N–H and O–H groups in total. The molecule has 4 heteroatoms. The number of para-hydroxylation sites is 1. The molecule has 0 heterocycles. The van der Waals surface area contributed by atoms with Gasteiger partial charge in [-0.05, 0) is 36.8 Å². The number of ether oxygens (including phenoxy) is 1. The lowest BCUT2D eigenvalue weighted by atomic mass is 10.2. The SMILES string of the molecule is Cc1cccc(NCCOc2ccccc2C(=O)O)c1. The van der Waals surface area contributed by atoms with E-state index in [-0.39, 0.29) is 5.56 Å². The summed E-state index contributed by atoms with van der Waals surface area (Å²) >= 11 is 0. The van der Waals surface area contributed by atoms with Crippen molar-refractivity contribution in [1.82, 2.24) is 0 Å². The zero-order chi connectivity index (χ0) is 14.4. The summed E-state index contributed by atoms with van der Waals surface area (Å²) in [6, 6.07) is 14.7. The van der Waals surface area contributed by atoms with Crippen LogP contribution >= 0.6 is 0 Å². The average molecular weight is 271 g/mol. The highest BCUT2D eigenvalue weighted by molar-refractivity contribution is 5.90. The summed E-state index contributed by atoms with van der Waals surface area (Å²) in [5.41, 5.74) is 2.40. The average Bonchev–Trinajstić information content (AvgIpc) is 2.44. The molecule has 20 heavy (non-hydrogen) atoms. The van der Waals surface area contributed by atoms with Crippen LogP contribution in [0.25, 0.3) is 0 Å². The molecular formula is C16H17NO3. The van der Waals surface area contributed by atoms with Gasteiger partial charge in [-0.25, -0.2) is 4.79 Å². The lowest BCUT2D eigenvalue weighted by Gasteiger charge is -2.10. The van der Waals surface area contributed by atoms with Crippen molar-refractivity contribution in [3.63, 3.8) is 0 Å². The van der Waals surface area contributed by atoms with Crippen molar-refractivity contribution in [2.45, 2.75) is 6.92 Å². The standard InChI is InChI=1S/C16H17NO3/c1-12-5-4-6-13(11-12)17-9-10-20-15-8-3-2-7-14(15)16(18)19/h2-8,11,17H,9-10H2,1H3,(H,18,19). The summed E-state index contributed by atoms with van der Waals surface area (Å²) < 4.78 is 5.51. The van der Waals surface area contributed by atoms with Crippen LogP contribution in [0.15, 0.2) is 48.5 Å². The van der Waals surface area contributed by atoms with Crippen molar-refractivity contribution in [2.75, 3.05) is 18.5 Å². The Hall–Kier alpha value is -2.49. The molecular weight excluding hydrogens is 254 g/mol. The van der Waals surface area contributed by atoms with Crippen molar-refractivity contribution in [1.29, 1.82) is 0 Å². The van der Waals surface area contributed by atoms with E-state index in [2.05, 4.69) is 5.32 Å². The molecule has 2 aromatic carbocycles. The van der Waals surface area contributed by atoms with Gasteiger partial charge in [-0.1, -0.05) is 24.3 Å². The Bertz CT molecular complexity index is 596. The molecule has 0 amide bonds. The number of aromatic carboxylic acids is 1. The van der Waals surface area contributed by atoms with Gasteiger partial charge in [0.15, 0.2) is 0 Å². The van der Waals surface area contributed by atoms with Crippen LogP contribution in [0.3, 0.4) is 0 Å². The number of carboxylic acids is 1. The van der Waals surface area contributed by atoms with Crippen molar-refractivity contribution in [3.05, 3.63) is 59.7 Å². The number of rotatable bonds is 6. The lowest BCUT2D eigenvalue weighted by Crippen LogP contribution is -2.13. The fourth-order valence-corrected chi connectivity index (χ4v) is 1.88. The second-order valence-electron chi connectivity index (χ2n) is 4.45. The molecule has 0 atom stereocenters. The zero-order valence-electron chi connectivity index (χ0n) is 11.3. The molecule has 2 rings (SSSR count). The molecule has 0 saturated heterocycles. The molecule has 2 aromatic rings. The van der Waals surface area contributed by atoms with Gasteiger partial charge in [-0.3, -0.25) is 0 Å². The summed E-state index contributed by atoms with van der Waals surface area (Å²) in [5.74, 6) is -0.585. The molecule has 0 saturated carbocycles. The molecule has 0 spiro atoms. The maximum atomic E-state index is 11.0. The first kappa shape index (κ1) is 13.9. The number of carbonyl (C=O) groups is 1. The van der Waals surface area contributed by atoms with Crippen LogP contribution in [0.5, 0.6) is 5.75 Å². The quantitative estimate of drug-likeness (QED) is 0.792. The third kappa shape index (κ3) is 3.75. The summed E-state index contributed by atoms with van der Waals surface area (Å²) in [6.45, 7) is 3.04. The molecule has 0 aliphatic carbocycles. The summed E-state index contributed by atoms with van der Waals surface area (Å²) in [4.78, 5) is 11.0. The van der Waals surface area contributed by atoms with Gasteiger partial charge in [0.1, 0.15) is 17.9 Å². The number of hydrogen-bond acceptors (Lipinski definition) is 3. The van der Waals surface area contributed by atoms with Gasteiger partial charge in [-0.2, -0.15) is 0 Å². The molecule has 0 aliphatic rings. The van der Waals surface area contributed by atoms with Crippen LogP contribution < -0.4 is 10.1 Å². The Morgan fingerprint density at radius 2 is 2.00 bits per heavy atom. The normalized spacial score (nSPS) is 10.1. The monoisotopic (exact) mass is 271 g/mol. The van der Waals surface area contributed by atoms with Crippen molar-refractivity contribution < 1.29 is 14.6 Å². The summed E-state index contributed by atoms with van der Waals surface area (Å²) in [7, 11) is 0. The number of nitrogens with one attached hydrogen (secondary N) is 1. The predicted molar refractivity (Wildman–Crippen MR) is 78.6 cm³/mol. The third-order valence-corrected chi connectivity index (χ3v) is 2.82. The fraction of sp³-hybridized carbons (Fsp3) is 0.188. The maximum absolute atomic E-state index is 11.0. The minimum Gasteiger partial charge on any atom is -0.491 e. The summed E-state index contributed by atoms with van der Waals surface area (Å²) in [5, 5.41) is 12.3. The van der Waals surface area contributed by atoms with Gasteiger partial charge >= 0.3 is 5.97 Å². The Morgan fingerprint density at radius 3 is 2.75 bits per heavy atom. The van der Waals surface area contributed by atoms with Crippen molar-refractivity contribution in [2.24, 2.45) is 0 Å². The highest BCUT2D eigenvalue weighted by Gasteiger charge is 2.09. The molecule has 0 aliphatic heterocycles. The number of benzene rings is 2. The van der Waals surface area contributed by atoms with Gasteiger partial charge < -0.3 is 15.2 Å². The summed E-state index contributed by atoms with van der Waals surface area (Å²) in [6.07, 6.45) is 0. The highest BCUT2D eigenvalue weighted by atomic mass is 16.5. The highest BCUT2D eigenvalue weighted by Crippen LogP contribution is 2.17. The predicted octanol–water partition coefficient (Wildman–Crippen LogP) is 3.18. The van der Waals surface area contributed by atoms with Gasteiger partial charge in [0.2, 0.25) is 0 Å². The van der Waals surface area contributed by atoms with E-state index in [1.807, 2.05) is 31.2 Å². The smallest absolute Gasteiger partial charge is 0.339 e. The Balaban J connectivity index is 1.86. The van der Waals surface area contributed by atoms with Crippen LogP contribution in [0, 0.1) is 6.92 Å². The lowest BCUT2D eigenvalue weighted by molar-refractivity contribution is 0.0692. The number of aryl methyl sites for hydroxylation is 1. The van der Waals surface area contributed by atoms with Gasteiger partial charge in [0.05, 0.1) is 0 Å². The van der Waals surface area contributed by atoms with E-state index in [9.17, 15) is 4.79 Å². The van der Waals surface area contributed by atoms with E-state index in [0.717, 1.165) is 5.69 Å². The van der Waals surface area contributed by atoms with E-state index < -0.39 is 5.97 Å². The molecule has 104 valence electrons. The Morgan fingerprint density at radius 1 is 1.20 bits per heavy atom. The van der Waals surface area contributed by atoms with Crippen molar-refractivity contribution >= 4 is 11.7 Å². The number of hydrogen-bond donors (Lipinski definition) is 2. The van der Waals surface area contributed by atoms with E-state index in [0.29, 0.717) is 18.9 Å². The van der Waals surface area contributed by atoms with Crippen LogP contribution in [-0.2, 0) is 0 Å². The molecule has 0 fully saturated rings. The van der Waals surface area contributed by atoms with Crippen LogP contribution in [0.4, 0.5) is 5.69 Å². The third-order valence-electron chi connectivity index (χ3n) is 2.82. The van der Waals surface area contributed by atoms with Gasteiger partial charge in [0.25, 0.3) is 0 Å². The Kier molecular flexibility index (Phi) is 4.60. The minimum absolute atomic E-state index is 0.183. The maximum Gasteiger partial charge on any atom is 0.339 e. The zero-order valence-corrected chi connectivity index (χ0v) is 11.3. The molecule has 0 unspecified atom stereocenters. The van der Waals surface area contributed by atoms with Crippen molar-refractivity contribution in [3.8, 4) is 5.75 Å². The first-order valence-electron chi connectivity index (χ1n) is 6.42. The molecule has 0 radical (unpaired) electrons. The first-order chi connectivity index (χ1) is 9.66. The largest absolute Gasteiger partial charge is 0.491 e. The van der Waals surface area contributed by atoms with E-state index >= 15 is 0 Å². The fourth-order valence-electron chi connectivity index (χ4n) is 1.88. The Labute approximate surface area is 118 Å². The van der Waals surface area contributed by atoms with E-state index in [1.54, 1.807) is 18.2 Å². The van der Waals surface area contributed by atoms with E-state index in [1.165, 1.54) is 11.6 Å². The number of anilines is 1. The minimum atomic E-state index is -0.979. The second kappa shape index (κ2) is 6.61. The van der Waals surface area contributed by atoms with Crippen LogP contribution in [0.2, 0.25) is 0 Å². The first-order valence-corrected chi connectivity index (χ1v) is 6.42. The topological polar surface area (TPSA) is 58.6 Å². The second-order valence-corrected chi connectivity index (χ2v) is 4.45. The van der Waals surface area contributed by atoms with Gasteiger partial charge in [0, 0.05) is 12.2 Å². The number of carboxylic acid groups (broad SMARTS) is 1. The van der Waals surface area contributed by atoms with E-state index in [4.69, 9.17) is 9.84 Å². The van der Waals surface area contributed by atoms with Gasteiger partial charge in [-0.15, -0.1) is 0 Å². The van der Waals surface area contributed by atoms with Crippen LogP contribution in [-0.4, -0.2) is 24.2 Å². The molecule has 0 aromatic heterocycles. The van der Waals surface area contributed by atoms with Crippen LogP contribution in [0.1, 0.15) is 15.9 Å². The molecule has 4 nitrogen and oxygen atoms in total.